The Balaban J connectivity index is 1.26. The van der Waals surface area contributed by atoms with Crippen molar-refractivity contribution in [3.05, 3.63) is 47.7 Å². The number of aliphatic hydroxyl groups is 1. The third-order valence-electron chi connectivity index (χ3n) is 6.46. The Hall–Kier alpha value is -2.44. The highest BCUT2D eigenvalue weighted by atomic mass is 16.5. The van der Waals surface area contributed by atoms with Crippen LogP contribution in [0, 0.1) is 0 Å². The third-order valence-corrected chi connectivity index (χ3v) is 6.46. The number of aliphatic hydroxyl groups excluding tert-OH is 1. The molecule has 1 N–H and O–H groups in total. The summed E-state index contributed by atoms with van der Waals surface area (Å²) in [5.41, 5.74) is 3.49. The predicted molar refractivity (Wildman–Crippen MR) is 110 cm³/mol. The van der Waals surface area contributed by atoms with E-state index in [9.17, 15) is 9.90 Å². The number of carbonyl (C=O) groups is 1. The first-order valence-electron chi connectivity index (χ1n) is 10.6. The molecule has 3 heterocycles. The number of hydrogen-bond donors (Lipinski definition) is 1. The Morgan fingerprint density at radius 1 is 1.07 bits per heavy atom. The largest absolute Gasteiger partial charge is 0.439 e. The Morgan fingerprint density at radius 3 is 2.55 bits per heavy atom. The van der Waals surface area contributed by atoms with Crippen LogP contribution in [-0.2, 0) is 17.6 Å². The molecule has 2 fully saturated rings. The summed E-state index contributed by atoms with van der Waals surface area (Å²) < 4.78 is 5.98. The molecule has 0 unspecified atom stereocenters. The second-order valence-electron chi connectivity index (χ2n) is 8.37. The van der Waals surface area contributed by atoms with Crippen LogP contribution in [0.4, 0.5) is 5.69 Å². The Bertz CT molecular complexity index is 895. The molecule has 0 spiro atoms. The van der Waals surface area contributed by atoms with Gasteiger partial charge in [0, 0.05) is 25.2 Å². The first kappa shape index (κ1) is 18.6. The topological polar surface area (TPSA) is 65.9 Å². The summed E-state index contributed by atoms with van der Waals surface area (Å²) >= 11 is 0. The molecule has 1 amide bonds. The lowest BCUT2D eigenvalue weighted by Gasteiger charge is -2.36. The maximum absolute atomic E-state index is 11.9. The molecule has 2 aromatic rings. The van der Waals surface area contributed by atoms with Crippen molar-refractivity contribution in [2.75, 3.05) is 24.5 Å². The normalized spacial score (nSPS) is 22.9. The van der Waals surface area contributed by atoms with Gasteiger partial charge in [-0.1, -0.05) is 12.5 Å². The highest BCUT2D eigenvalue weighted by Crippen LogP contribution is 2.30. The quantitative estimate of drug-likeness (QED) is 0.865. The molecule has 0 radical (unpaired) electrons. The van der Waals surface area contributed by atoms with Gasteiger partial charge in [0.15, 0.2) is 0 Å². The van der Waals surface area contributed by atoms with E-state index < -0.39 is 6.10 Å². The molecule has 2 aliphatic heterocycles. The number of nitrogens with zero attached hydrogens (tertiary/aromatic N) is 3. The molecule has 1 aliphatic carbocycles. The number of ether oxygens (including phenoxy) is 1. The first-order chi connectivity index (χ1) is 14.2. The van der Waals surface area contributed by atoms with E-state index in [-0.39, 0.29) is 12.3 Å². The van der Waals surface area contributed by atoms with Gasteiger partial charge in [-0.3, -0.25) is 9.69 Å². The van der Waals surface area contributed by atoms with E-state index in [4.69, 9.17) is 4.74 Å². The summed E-state index contributed by atoms with van der Waals surface area (Å²) in [5, 5.41) is 9.65. The second kappa shape index (κ2) is 7.76. The van der Waals surface area contributed by atoms with Gasteiger partial charge >= 0.3 is 0 Å². The van der Waals surface area contributed by atoms with Gasteiger partial charge in [0.25, 0.3) is 0 Å². The molecule has 6 heteroatoms. The fraction of sp³-hybridized carbons (Fsp3) is 0.478. The van der Waals surface area contributed by atoms with Crippen molar-refractivity contribution in [3.8, 4) is 11.6 Å². The molecule has 1 saturated carbocycles. The number of anilines is 1. The van der Waals surface area contributed by atoms with E-state index >= 15 is 0 Å². The highest BCUT2D eigenvalue weighted by molar-refractivity contribution is 5.95. The predicted octanol–water partition coefficient (Wildman–Crippen LogP) is 2.92. The first-order valence-corrected chi connectivity index (χ1v) is 10.6. The zero-order chi connectivity index (χ0) is 19.8. The number of hydrogen-bond acceptors (Lipinski definition) is 5. The van der Waals surface area contributed by atoms with E-state index in [0.29, 0.717) is 18.1 Å². The third kappa shape index (κ3) is 3.87. The van der Waals surface area contributed by atoms with Crippen molar-refractivity contribution in [2.24, 2.45) is 0 Å². The van der Waals surface area contributed by atoms with Gasteiger partial charge in [-0.2, -0.15) is 0 Å². The summed E-state index contributed by atoms with van der Waals surface area (Å²) in [7, 11) is 0. The number of aromatic nitrogens is 1. The fourth-order valence-corrected chi connectivity index (χ4v) is 4.55. The van der Waals surface area contributed by atoms with Crippen LogP contribution < -0.4 is 9.64 Å². The Kier molecular flexibility index (Phi) is 4.97. The molecular formula is C23H27N3O3. The lowest BCUT2D eigenvalue weighted by atomic mass is 9.91. The number of rotatable bonds is 4. The summed E-state index contributed by atoms with van der Waals surface area (Å²) in [6, 6.07) is 10.7. The van der Waals surface area contributed by atoms with Gasteiger partial charge in [-0.15, -0.1) is 0 Å². The second-order valence-corrected chi connectivity index (χ2v) is 8.37. The molecule has 152 valence electrons. The zero-order valence-electron chi connectivity index (χ0n) is 16.6. The van der Waals surface area contributed by atoms with Crippen LogP contribution in [0.15, 0.2) is 36.5 Å². The molecule has 1 saturated heterocycles. The van der Waals surface area contributed by atoms with Crippen LogP contribution in [0.2, 0.25) is 0 Å². The van der Waals surface area contributed by atoms with Crippen molar-refractivity contribution in [1.29, 1.82) is 0 Å². The van der Waals surface area contributed by atoms with Crippen molar-refractivity contribution in [3.63, 3.8) is 0 Å². The summed E-state index contributed by atoms with van der Waals surface area (Å²) in [5.74, 6) is 1.23. The zero-order valence-corrected chi connectivity index (χ0v) is 16.6. The van der Waals surface area contributed by atoms with Crippen LogP contribution in [0.5, 0.6) is 11.6 Å². The Morgan fingerprint density at radius 2 is 1.90 bits per heavy atom. The average molecular weight is 393 g/mol. The van der Waals surface area contributed by atoms with Crippen LogP contribution in [0.1, 0.15) is 36.8 Å². The lowest BCUT2D eigenvalue weighted by molar-refractivity contribution is -0.117. The maximum Gasteiger partial charge on any atom is 0.229 e. The maximum atomic E-state index is 11.9. The average Bonchev–Trinajstić information content (AvgIpc) is 2.89. The number of β-amino-alcohol motifs (C(OH)–C–C–N with tert-alkyl or cyclic N) is 1. The molecule has 0 bridgehead atoms. The van der Waals surface area contributed by atoms with Crippen molar-refractivity contribution in [1.82, 2.24) is 9.88 Å². The van der Waals surface area contributed by atoms with Crippen LogP contribution >= 0.6 is 0 Å². The molecular weight excluding hydrogens is 366 g/mol. The summed E-state index contributed by atoms with van der Waals surface area (Å²) in [4.78, 5) is 20.5. The van der Waals surface area contributed by atoms with Crippen molar-refractivity contribution in [2.45, 2.75) is 50.7 Å². The summed E-state index contributed by atoms with van der Waals surface area (Å²) in [6.07, 6.45) is 7.46. The monoisotopic (exact) mass is 393 g/mol. The Labute approximate surface area is 171 Å². The van der Waals surface area contributed by atoms with Crippen LogP contribution in [0.25, 0.3) is 0 Å². The molecule has 5 rings (SSSR count). The standard InChI is InChI=1S/C23H27N3O3/c27-20-13-23(28)26(15-20)19-5-7-22(24-14-19)29-21-6-4-16-8-10-25(18-2-1-3-18)11-9-17(16)12-21/h4-7,12,14,18,20,27H,1-3,8-11,13,15H2/t20-/m1/s1. The van der Waals surface area contributed by atoms with E-state index in [1.165, 1.54) is 30.4 Å². The van der Waals surface area contributed by atoms with Gasteiger partial charge in [-0.05, 0) is 55.0 Å². The van der Waals surface area contributed by atoms with E-state index in [2.05, 4.69) is 22.0 Å². The fourth-order valence-electron chi connectivity index (χ4n) is 4.55. The number of carbonyl (C=O) groups excluding carboxylic acids is 1. The number of benzene rings is 1. The summed E-state index contributed by atoms with van der Waals surface area (Å²) in [6.45, 7) is 2.61. The van der Waals surface area contributed by atoms with Crippen LogP contribution in [-0.4, -0.2) is 52.7 Å². The highest BCUT2D eigenvalue weighted by Gasteiger charge is 2.29. The smallest absolute Gasteiger partial charge is 0.229 e. The van der Waals surface area contributed by atoms with E-state index in [1.807, 2.05) is 12.1 Å². The minimum absolute atomic E-state index is 0.0744. The van der Waals surface area contributed by atoms with Crippen molar-refractivity contribution >= 4 is 11.6 Å². The minimum atomic E-state index is -0.599. The van der Waals surface area contributed by atoms with Gasteiger partial charge in [0.1, 0.15) is 5.75 Å². The molecule has 29 heavy (non-hydrogen) atoms. The molecule has 3 aliphatic rings. The van der Waals surface area contributed by atoms with E-state index in [1.54, 1.807) is 17.2 Å². The van der Waals surface area contributed by atoms with Gasteiger partial charge in [-0.25, -0.2) is 4.98 Å². The van der Waals surface area contributed by atoms with Crippen LogP contribution in [0.3, 0.4) is 0 Å². The van der Waals surface area contributed by atoms with Gasteiger partial charge in [0.2, 0.25) is 11.8 Å². The SMILES string of the molecule is O=C1C[C@@H](O)CN1c1ccc(Oc2ccc3c(c2)CCN(C2CCC2)CC3)nc1. The van der Waals surface area contributed by atoms with Gasteiger partial charge in [0.05, 0.1) is 31.0 Å². The molecule has 1 aromatic heterocycles. The number of amides is 1. The lowest BCUT2D eigenvalue weighted by Crippen LogP contribution is -2.41. The molecule has 1 atom stereocenters. The molecule has 6 nitrogen and oxygen atoms in total. The number of pyridine rings is 1. The molecule has 1 aromatic carbocycles. The van der Waals surface area contributed by atoms with E-state index in [0.717, 1.165) is 37.7 Å². The van der Waals surface area contributed by atoms with Gasteiger partial charge < -0.3 is 14.7 Å². The minimum Gasteiger partial charge on any atom is -0.439 e. The van der Waals surface area contributed by atoms with Crippen molar-refractivity contribution < 1.29 is 14.6 Å². The number of fused-ring (bicyclic) bond motifs is 1.